The third-order valence-corrected chi connectivity index (χ3v) is 3.56. The van der Waals surface area contributed by atoms with E-state index in [1.807, 2.05) is 6.92 Å². The zero-order valence-electron chi connectivity index (χ0n) is 12.8. The topological polar surface area (TPSA) is 47.7 Å². The average Bonchev–Trinajstić information content (AvgIpc) is 2.76. The van der Waals surface area contributed by atoms with Crippen LogP contribution in [0, 0.1) is 0 Å². The standard InChI is InChI=1S/C16H26N2O2/c1-4-19-15-9-13-8-12(2)20-16(13)10-14(15)11-18(3)7-5-6-17/h9-10,12H,4-8,11,17H2,1-3H3. The van der Waals surface area contributed by atoms with Gasteiger partial charge in [-0.25, -0.2) is 0 Å². The van der Waals surface area contributed by atoms with Gasteiger partial charge in [0.25, 0.3) is 0 Å². The summed E-state index contributed by atoms with van der Waals surface area (Å²) in [5, 5.41) is 0. The molecule has 1 aromatic rings. The van der Waals surface area contributed by atoms with Crippen molar-refractivity contribution < 1.29 is 9.47 Å². The van der Waals surface area contributed by atoms with E-state index in [4.69, 9.17) is 15.2 Å². The van der Waals surface area contributed by atoms with Gasteiger partial charge in [0.15, 0.2) is 0 Å². The molecule has 1 aliphatic heterocycles. The van der Waals surface area contributed by atoms with Gasteiger partial charge in [0.2, 0.25) is 0 Å². The summed E-state index contributed by atoms with van der Waals surface area (Å²) in [4.78, 5) is 2.27. The molecule has 0 aliphatic carbocycles. The molecule has 4 heteroatoms. The molecule has 1 unspecified atom stereocenters. The zero-order valence-corrected chi connectivity index (χ0v) is 12.8. The summed E-state index contributed by atoms with van der Waals surface area (Å²) < 4.78 is 11.6. The highest BCUT2D eigenvalue weighted by Crippen LogP contribution is 2.35. The van der Waals surface area contributed by atoms with Crippen molar-refractivity contribution in [3.63, 3.8) is 0 Å². The highest BCUT2D eigenvalue weighted by Gasteiger charge is 2.22. The van der Waals surface area contributed by atoms with Crippen molar-refractivity contribution in [2.45, 2.75) is 39.3 Å². The Morgan fingerprint density at radius 3 is 2.95 bits per heavy atom. The van der Waals surface area contributed by atoms with Gasteiger partial charge in [-0.2, -0.15) is 0 Å². The summed E-state index contributed by atoms with van der Waals surface area (Å²) in [7, 11) is 2.11. The van der Waals surface area contributed by atoms with Gasteiger partial charge < -0.3 is 20.1 Å². The van der Waals surface area contributed by atoms with Crippen LogP contribution in [0.25, 0.3) is 0 Å². The lowest BCUT2D eigenvalue weighted by molar-refractivity contribution is 0.253. The lowest BCUT2D eigenvalue weighted by Crippen LogP contribution is -2.21. The molecule has 0 saturated carbocycles. The normalized spacial score (nSPS) is 17.1. The minimum absolute atomic E-state index is 0.268. The van der Waals surface area contributed by atoms with Crippen LogP contribution < -0.4 is 15.2 Å². The van der Waals surface area contributed by atoms with Crippen LogP contribution in [0.1, 0.15) is 31.4 Å². The number of ether oxygens (including phenoxy) is 2. The van der Waals surface area contributed by atoms with Crippen molar-refractivity contribution in [3.8, 4) is 11.5 Å². The molecular formula is C16H26N2O2. The quantitative estimate of drug-likeness (QED) is 0.830. The lowest BCUT2D eigenvalue weighted by atomic mass is 10.1. The van der Waals surface area contributed by atoms with Gasteiger partial charge in [0.1, 0.15) is 17.6 Å². The van der Waals surface area contributed by atoms with E-state index in [0.29, 0.717) is 6.61 Å². The molecule has 0 fully saturated rings. The third-order valence-electron chi connectivity index (χ3n) is 3.56. The Morgan fingerprint density at radius 2 is 2.25 bits per heavy atom. The van der Waals surface area contributed by atoms with Gasteiger partial charge in [-0.3, -0.25) is 0 Å². The Labute approximate surface area is 121 Å². The SMILES string of the molecule is CCOc1cc2c(cc1CN(C)CCCN)OC(C)C2. The fraction of sp³-hybridized carbons (Fsp3) is 0.625. The maximum absolute atomic E-state index is 5.85. The second kappa shape index (κ2) is 6.95. The van der Waals surface area contributed by atoms with E-state index in [2.05, 4.69) is 31.0 Å². The highest BCUT2D eigenvalue weighted by atomic mass is 16.5. The molecule has 112 valence electrons. The molecule has 0 aromatic heterocycles. The van der Waals surface area contributed by atoms with Gasteiger partial charge in [-0.15, -0.1) is 0 Å². The van der Waals surface area contributed by atoms with E-state index in [9.17, 15) is 0 Å². The first kappa shape index (κ1) is 15.1. The summed E-state index contributed by atoms with van der Waals surface area (Å²) in [6, 6.07) is 4.29. The number of hydrogen-bond donors (Lipinski definition) is 1. The van der Waals surface area contributed by atoms with Gasteiger partial charge in [-0.05, 0) is 52.5 Å². The monoisotopic (exact) mass is 278 g/mol. The summed E-state index contributed by atoms with van der Waals surface area (Å²) >= 11 is 0. The predicted molar refractivity (Wildman–Crippen MR) is 81.4 cm³/mol. The van der Waals surface area contributed by atoms with Crippen LogP contribution in [-0.2, 0) is 13.0 Å². The second-order valence-electron chi connectivity index (χ2n) is 5.51. The number of nitrogens with zero attached hydrogens (tertiary/aromatic N) is 1. The van der Waals surface area contributed by atoms with Crippen molar-refractivity contribution in [2.24, 2.45) is 5.73 Å². The van der Waals surface area contributed by atoms with Crippen LogP contribution in [0.15, 0.2) is 12.1 Å². The Bertz CT molecular complexity index is 448. The van der Waals surface area contributed by atoms with E-state index in [0.717, 1.165) is 44.0 Å². The minimum Gasteiger partial charge on any atom is -0.494 e. The summed E-state index contributed by atoms with van der Waals surface area (Å²) in [6.07, 6.45) is 2.25. The largest absolute Gasteiger partial charge is 0.494 e. The maximum atomic E-state index is 5.85. The van der Waals surface area contributed by atoms with Crippen LogP contribution in [-0.4, -0.2) is 37.7 Å². The molecule has 0 radical (unpaired) electrons. The van der Waals surface area contributed by atoms with Crippen LogP contribution in [0.5, 0.6) is 11.5 Å². The molecule has 1 heterocycles. The minimum atomic E-state index is 0.268. The van der Waals surface area contributed by atoms with Gasteiger partial charge >= 0.3 is 0 Å². The Balaban J connectivity index is 2.15. The van der Waals surface area contributed by atoms with Gasteiger partial charge in [0.05, 0.1) is 6.61 Å². The van der Waals surface area contributed by atoms with Crippen LogP contribution >= 0.6 is 0 Å². The number of rotatable bonds is 7. The molecule has 2 rings (SSSR count). The second-order valence-corrected chi connectivity index (χ2v) is 5.51. The summed E-state index contributed by atoms with van der Waals surface area (Å²) in [5.74, 6) is 2.01. The van der Waals surface area contributed by atoms with E-state index < -0.39 is 0 Å². The average molecular weight is 278 g/mol. The third kappa shape index (κ3) is 3.64. The van der Waals surface area contributed by atoms with Crippen LogP contribution in [0.4, 0.5) is 0 Å². The molecule has 2 N–H and O–H groups in total. The molecule has 4 nitrogen and oxygen atoms in total. The maximum Gasteiger partial charge on any atom is 0.124 e. The van der Waals surface area contributed by atoms with E-state index >= 15 is 0 Å². The van der Waals surface area contributed by atoms with E-state index in [1.165, 1.54) is 11.1 Å². The molecule has 0 spiro atoms. The number of hydrogen-bond acceptors (Lipinski definition) is 4. The Morgan fingerprint density at radius 1 is 1.45 bits per heavy atom. The lowest BCUT2D eigenvalue weighted by Gasteiger charge is -2.19. The van der Waals surface area contributed by atoms with Crippen LogP contribution in [0.3, 0.4) is 0 Å². The van der Waals surface area contributed by atoms with Crippen molar-refractivity contribution in [1.82, 2.24) is 4.90 Å². The van der Waals surface area contributed by atoms with E-state index in [1.54, 1.807) is 0 Å². The van der Waals surface area contributed by atoms with Gasteiger partial charge in [0, 0.05) is 24.1 Å². The van der Waals surface area contributed by atoms with Crippen molar-refractivity contribution in [1.29, 1.82) is 0 Å². The Hall–Kier alpha value is -1.26. The fourth-order valence-corrected chi connectivity index (χ4v) is 2.63. The summed E-state index contributed by atoms with van der Waals surface area (Å²) in [6.45, 7) is 7.40. The molecular weight excluding hydrogens is 252 g/mol. The first-order valence-corrected chi connectivity index (χ1v) is 7.48. The van der Waals surface area contributed by atoms with Crippen molar-refractivity contribution in [2.75, 3.05) is 26.7 Å². The molecule has 0 saturated heterocycles. The Kier molecular flexibility index (Phi) is 5.26. The first-order valence-electron chi connectivity index (χ1n) is 7.48. The molecule has 1 atom stereocenters. The van der Waals surface area contributed by atoms with E-state index in [-0.39, 0.29) is 6.10 Å². The molecule has 20 heavy (non-hydrogen) atoms. The number of nitrogens with two attached hydrogens (primary N) is 1. The zero-order chi connectivity index (χ0) is 14.5. The predicted octanol–water partition coefficient (Wildman–Crippen LogP) is 2.19. The smallest absolute Gasteiger partial charge is 0.124 e. The summed E-state index contributed by atoms with van der Waals surface area (Å²) in [5.41, 5.74) is 8.02. The highest BCUT2D eigenvalue weighted by molar-refractivity contribution is 5.48. The number of benzene rings is 1. The van der Waals surface area contributed by atoms with Crippen molar-refractivity contribution >= 4 is 0 Å². The molecule has 1 aromatic carbocycles. The molecule has 0 amide bonds. The van der Waals surface area contributed by atoms with Crippen molar-refractivity contribution in [3.05, 3.63) is 23.3 Å². The van der Waals surface area contributed by atoms with Gasteiger partial charge in [-0.1, -0.05) is 0 Å². The number of fused-ring (bicyclic) bond motifs is 1. The van der Waals surface area contributed by atoms with Crippen LogP contribution in [0.2, 0.25) is 0 Å². The molecule has 0 bridgehead atoms. The fourth-order valence-electron chi connectivity index (χ4n) is 2.63. The first-order chi connectivity index (χ1) is 9.63. The molecule has 1 aliphatic rings.